The zero-order valence-electron chi connectivity index (χ0n) is 15.5. The number of methoxy groups -OCH3 is 2. The molecular formula is C20H23N3O4. The second-order valence-electron chi connectivity index (χ2n) is 6.22. The molecule has 0 aromatic heterocycles. The van der Waals surface area contributed by atoms with Crippen molar-refractivity contribution in [1.29, 1.82) is 0 Å². The van der Waals surface area contributed by atoms with Gasteiger partial charge in [0.05, 0.1) is 19.9 Å². The monoisotopic (exact) mass is 369 g/mol. The molecule has 2 aromatic carbocycles. The summed E-state index contributed by atoms with van der Waals surface area (Å²) in [5, 5.41) is 5.15. The van der Waals surface area contributed by atoms with Gasteiger partial charge in [0.2, 0.25) is 0 Å². The van der Waals surface area contributed by atoms with Gasteiger partial charge in [-0.3, -0.25) is 9.59 Å². The van der Waals surface area contributed by atoms with E-state index in [0.29, 0.717) is 22.9 Å². The van der Waals surface area contributed by atoms with E-state index in [4.69, 9.17) is 9.47 Å². The lowest BCUT2D eigenvalue weighted by Crippen LogP contribution is -2.29. The van der Waals surface area contributed by atoms with Crippen molar-refractivity contribution in [2.45, 2.75) is 12.8 Å². The maximum atomic E-state index is 12.2. The van der Waals surface area contributed by atoms with Crippen LogP contribution >= 0.6 is 0 Å². The standard InChI is InChI=1S/C20H23N3O4/c1-26-16-9-10-18(27-2)17(13-16)22-20(25)19(24)21-14-5-7-15(8-6-14)23-11-3-4-12-23/h5-10,13H,3-4,11-12H2,1-2H3,(H,21,24)(H,22,25). The number of anilines is 3. The van der Waals surface area contributed by atoms with Crippen molar-refractivity contribution in [3.05, 3.63) is 42.5 Å². The van der Waals surface area contributed by atoms with Crippen LogP contribution in [0.15, 0.2) is 42.5 Å². The molecule has 1 aliphatic rings. The number of rotatable bonds is 5. The Morgan fingerprint density at radius 3 is 2.19 bits per heavy atom. The lowest BCUT2D eigenvalue weighted by atomic mass is 10.2. The molecule has 3 rings (SSSR count). The van der Waals surface area contributed by atoms with Gasteiger partial charge in [-0.05, 0) is 49.2 Å². The van der Waals surface area contributed by atoms with Crippen LogP contribution in [0.5, 0.6) is 11.5 Å². The predicted octanol–water partition coefficient (Wildman–Crippen LogP) is 2.88. The van der Waals surface area contributed by atoms with Crippen molar-refractivity contribution < 1.29 is 19.1 Å². The van der Waals surface area contributed by atoms with Crippen LogP contribution in [0.3, 0.4) is 0 Å². The molecule has 1 saturated heterocycles. The summed E-state index contributed by atoms with van der Waals surface area (Å²) in [5.41, 5.74) is 2.05. The molecule has 7 heteroatoms. The molecule has 0 unspecified atom stereocenters. The van der Waals surface area contributed by atoms with Gasteiger partial charge in [-0.15, -0.1) is 0 Å². The largest absolute Gasteiger partial charge is 0.497 e. The van der Waals surface area contributed by atoms with Gasteiger partial charge in [-0.25, -0.2) is 0 Å². The number of carbonyl (C=O) groups is 2. The van der Waals surface area contributed by atoms with E-state index in [1.165, 1.54) is 27.1 Å². The summed E-state index contributed by atoms with van der Waals surface area (Å²) in [7, 11) is 3.01. The van der Waals surface area contributed by atoms with Gasteiger partial charge in [-0.2, -0.15) is 0 Å². The van der Waals surface area contributed by atoms with Crippen LogP contribution in [-0.2, 0) is 9.59 Å². The highest BCUT2D eigenvalue weighted by Crippen LogP contribution is 2.29. The summed E-state index contributed by atoms with van der Waals surface area (Å²) >= 11 is 0. The van der Waals surface area contributed by atoms with E-state index in [9.17, 15) is 9.59 Å². The zero-order chi connectivity index (χ0) is 19.2. The van der Waals surface area contributed by atoms with Crippen molar-refractivity contribution in [3.8, 4) is 11.5 Å². The summed E-state index contributed by atoms with van der Waals surface area (Å²) in [6.07, 6.45) is 2.40. The molecule has 0 atom stereocenters. The summed E-state index contributed by atoms with van der Waals surface area (Å²) in [6.45, 7) is 2.10. The van der Waals surface area contributed by atoms with Crippen molar-refractivity contribution in [2.24, 2.45) is 0 Å². The van der Waals surface area contributed by atoms with E-state index in [0.717, 1.165) is 18.8 Å². The quantitative estimate of drug-likeness (QED) is 0.792. The van der Waals surface area contributed by atoms with Crippen LogP contribution in [-0.4, -0.2) is 39.1 Å². The second-order valence-corrected chi connectivity index (χ2v) is 6.22. The van der Waals surface area contributed by atoms with E-state index in [1.54, 1.807) is 30.3 Å². The van der Waals surface area contributed by atoms with E-state index >= 15 is 0 Å². The Morgan fingerprint density at radius 1 is 0.889 bits per heavy atom. The van der Waals surface area contributed by atoms with Gasteiger partial charge in [0, 0.05) is 30.5 Å². The van der Waals surface area contributed by atoms with Crippen molar-refractivity contribution in [1.82, 2.24) is 0 Å². The third kappa shape index (κ3) is 4.49. The molecule has 0 spiro atoms. The lowest BCUT2D eigenvalue weighted by molar-refractivity contribution is -0.133. The average Bonchev–Trinajstić information content (AvgIpc) is 3.23. The van der Waals surface area contributed by atoms with Gasteiger partial charge >= 0.3 is 11.8 Å². The molecule has 0 bridgehead atoms. The molecule has 0 aliphatic carbocycles. The molecule has 1 heterocycles. The number of nitrogens with one attached hydrogen (secondary N) is 2. The molecule has 2 N–H and O–H groups in total. The minimum Gasteiger partial charge on any atom is -0.497 e. The fourth-order valence-electron chi connectivity index (χ4n) is 3.01. The molecular weight excluding hydrogens is 346 g/mol. The first-order chi connectivity index (χ1) is 13.1. The molecule has 142 valence electrons. The highest BCUT2D eigenvalue weighted by molar-refractivity contribution is 6.43. The number of benzene rings is 2. The first-order valence-electron chi connectivity index (χ1n) is 8.80. The molecule has 0 radical (unpaired) electrons. The fourth-order valence-corrected chi connectivity index (χ4v) is 3.01. The van der Waals surface area contributed by atoms with E-state index in [2.05, 4.69) is 15.5 Å². The SMILES string of the molecule is COc1ccc(OC)c(NC(=O)C(=O)Nc2ccc(N3CCCC3)cc2)c1. The van der Waals surface area contributed by atoms with Crippen molar-refractivity contribution in [2.75, 3.05) is 42.8 Å². The number of amides is 2. The Balaban J connectivity index is 1.63. The summed E-state index contributed by atoms with van der Waals surface area (Å²) in [4.78, 5) is 26.7. The van der Waals surface area contributed by atoms with Crippen LogP contribution in [0.4, 0.5) is 17.1 Å². The first kappa shape index (κ1) is 18.6. The maximum absolute atomic E-state index is 12.2. The Hall–Kier alpha value is -3.22. The van der Waals surface area contributed by atoms with Gasteiger partial charge in [0.15, 0.2) is 0 Å². The van der Waals surface area contributed by atoms with Crippen LogP contribution in [0.25, 0.3) is 0 Å². The third-order valence-electron chi connectivity index (χ3n) is 4.46. The van der Waals surface area contributed by atoms with Crippen LogP contribution in [0.2, 0.25) is 0 Å². The van der Waals surface area contributed by atoms with Crippen LogP contribution in [0.1, 0.15) is 12.8 Å². The second kappa shape index (κ2) is 8.44. The average molecular weight is 369 g/mol. The molecule has 1 fully saturated rings. The minimum atomic E-state index is -0.787. The number of hydrogen-bond acceptors (Lipinski definition) is 5. The third-order valence-corrected chi connectivity index (χ3v) is 4.46. The summed E-state index contributed by atoms with van der Waals surface area (Å²) in [6, 6.07) is 12.4. The zero-order valence-corrected chi connectivity index (χ0v) is 15.5. The van der Waals surface area contributed by atoms with Crippen LogP contribution < -0.4 is 25.0 Å². The maximum Gasteiger partial charge on any atom is 0.314 e. The van der Waals surface area contributed by atoms with E-state index in [1.807, 2.05) is 12.1 Å². The summed E-state index contributed by atoms with van der Waals surface area (Å²) in [5.74, 6) is -0.560. The Bertz CT molecular complexity index is 814. The van der Waals surface area contributed by atoms with E-state index in [-0.39, 0.29) is 0 Å². The summed E-state index contributed by atoms with van der Waals surface area (Å²) < 4.78 is 10.3. The lowest BCUT2D eigenvalue weighted by Gasteiger charge is -2.17. The van der Waals surface area contributed by atoms with Gasteiger partial charge in [-0.1, -0.05) is 0 Å². The Kier molecular flexibility index (Phi) is 5.80. The number of carbonyl (C=O) groups excluding carboxylic acids is 2. The fraction of sp³-hybridized carbons (Fsp3) is 0.300. The van der Waals surface area contributed by atoms with Gasteiger partial charge < -0.3 is 25.0 Å². The van der Waals surface area contributed by atoms with Crippen molar-refractivity contribution in [3.63, 3.8) is 0 Å². The topological polar surface area (TPSA) is 79.9 Å². The molecule has 0 saturated carbocycles. The van der Waals surface area contributed by atoms with Crippen LogP contribution in [0, 0.1) is 0 Å². The minimum absolute atomic E-state index is 0.362. The van der Waals surface area contributed by atoms with Gasteiger partial charge in [0.1, 0.15) is 11.5 Å². The molecule has 7 nitrogen and oxygen atoms in total. The number of ether oxygens (including phenoxy) is 2. The first-order valence-corrected chi connectivity index (χ1v) is 8.80. The molecule has 2 amide bonds. The molecule has 1 aliphatic heterocycles. The normalized spacial score (nSPS) is 13.2. The molecule has 2 aromatic rings. The molecule has 27 heavy (non-hydrogen) atoms. The van der Waals surface area contributed by atoms with E-state index < -0.39 is 11.8 Å². The smallest absolute Gasteiger partial charge is 0.314 e. The predicted molar refractivity (Wildman–Crippen MR) is 105 cm³/mol. The number of hydrogen-bond donors (Lipinski definition) is 2. The number of nitrogens with zero attached hydrogens (tertiary/aromatic N) is 1. The Morgan fingerprint density at radius 2 is 1.56 bits per heavy atom. The highest BCUT2D eigenvalue weighted by Gasteiger charge is 2.17. The highest BCUT2D eigenvalue weighted by atomic mass is 16.5. The van der Waals surface area contributed by atoms with Crippen molar-refractivity contribution >= 4 is 28.9 Å². The Labute approximate surface area is 158 Å². The van der Waals surface area contributed by atoms with Gasteiger partial charge in [0.25, 0.3) is 0 Å².